The Kier molecular flexibility index (Phi) is 4.92. The van der Waals surface area contributed by atoms with Crippen molar-refractivity contribution in [1.82, 2.24) is 9.88 Å². The van der Waals surface area contributed by atoms with Crippen molar-refractivity contribution in [2.75, 3.05) is 7.05 Å². The highest BCUT2D eigenvalue weighted by Gasteiger charge is 2.25. The van der Waals surface area contributed by atoms with Crippen molar-refractivity contribution in [2.24, 2.45) is 0 Å². The monoisotopic (exact) mass is 339 g/mol. The summed E-state index contributed by atoms with van der Waals surface area (Å²) in [4.78, 5) is 30.2. The average Bonchev–Trinajstić information content (AvgIpc) is 3.11. The molecule has 1 atom stereocenters. The summed E-state index contributed by atoms with van der Waals surface area (Å²) in [7, 11) is 1.71. The minimum absolute atomic E-state index is 0.0216. The molecule has 22 heavy (non-hydrogen) atoms. The Morgan fingerprint density at radius 3 is 2.64 bits per heavy atom. The first-order valence-electron chi connectivity index (χ1n) is 6.82. The Hall–Kier alpha value is -1.80. The lowest BCUT2D eigenvalue weighted by Crippen LogP contribution is -2.28. The van der Waals surface area contributed by atoms with Crippen LogP contribution in [-0.4, -0.2) is 27.8 Å². The molecule has 0 saturated heterocycles. The number of carbonyl (C=O) groups is 1. The van der Waals surface area contributed by atoms with E-state index in [2.05, 4.69) is 4.98 Å². The van der Waals surface area contributed by atoms with Gasteiger partial charge in [0.1, 0.15) is 0 Å². The first-order chi connectivity index (χ1) is 10.3. The van der Waals surface area contributed by atoms with E-state index in [9.17, 15) is 14.9 Å². The molecule has 2 heterocycles. The van der Waals surface area contributed by atoms with E-state index in [1.54, 1.807) is 23.3 Å². The fraction of sp³-hybridized carbons (Fsp3) is 0.429. The Morgan fingerprint density at radius 1 is 1.45 bits per heavy atom. The summed E-state index contributed by atoms with van der Waals surface area (Å²) in [6, 6.07) is 2.75. The number of carbonyl (C=O) groups excluding carboxylic acids is 1. The molecule has 0 aliphatic heterocycles. The van der Waals surface area contributed by atoms with E-state index < -0.39 is 4.92 Å². The van der Waals surface area contributed by atoms with Gasteiger partial charge in [-0.1, -0.05) is 18.3 Å². The van der Waals surface area contributed by atoms with Gasteiger partial charge in [0.05, 0.1) is 26.5 Å². The van der Waals surface area contributed by atoms with Crippen LogP contribution in [0.4, 0.5) is 5.00 Å². The first-order valence-corrected chi connectivity index (χ1v) is 8.46. The fourth-order valence-corrected chi connectivity index (χ4v) is 3.98. The van der Waals surface area contributed by atoms with Gasteiger partial charge in [-0.3, -0.25) is 14.9 Å². The summed E-state index contributed by atoms with van der Waals surface area (Å²) < 4.78 is 0. The lowest BCUT2D eigenvalue weighted by molar-refractivity contribution is -0.380. The Balaban J connectivity index is 2.21. The van der Waals surface area contributed by atoms with Crippen molar-refractivity contribution in [2.45, 2.75) is 33.2 Å². The van der Waals surface area contributed by atoms with Crippen LogP contribution in [0, 0.1) is 17.0 Å². The maximum absolute atomic E-state index is 12.5. The zero-order valence-corrected chi connectivity index (χ0v) is 14.5. The van der Waals surface area contributed by atoms with Crippen molar-refractivity contribution in [3.63, 3.8) is 0 Å². The van der Waals surface area contributed by atoms with E-state index in [1.165, 1.54) is 12.1 Å². The normalized spacial score (nSPS) is 12.2. The molecular formula is C14H17N3O3S2. The zero-order valence-electron chi connectivity index (χ0n) is 12.8. The third kappa shape index (κ3) is 3.17. The minimum Gasteiger partial charge on any atom is -0.333 e. The fourth-order valence-electron chi connectivity index (χ4n) is 2.07. The summed E-state index contributed by atoms with van der Waals surface area (Å²) in [5.74, 6) is -0.212. The minimum atomic E-state index is -0.480. The highest BCUT2D eigenvalue weighted by atomic mass is 32.1. The van der Waals surface area contributed by atoms with Crippen molar-refractivity contribution < 1.29 is 9.72 Å². The van der Waals surface area contributed by atoms with Gasteiger partial charge in [-0.2, -0.15) is 0 Å². The van der Waals surface area contributed by atoms with Crippen LogP contribution in [0.15, 0.2) is 12.1 Å². The van der Waals surface area contributed by atoms with Crippen LogP contribution in [-0.2, 0) is 6.42 Å². The molecule has 8 heteroatoms. The molecule has 0 aliphatic rings. The molecule has 0 unspecified atom stereocenters. The molecule has 0 fully saturated rings. The van der Waals surface area contributed by atoms with Crippen LogP contribution in [0.3, 0.4) is 0 Å². The predicted molar refractivity (Wildman–Crippen MR) is 87.7 cm³/mol. The maximum atomic E-state index is 12.5. The van der Waals surface area contributed by atoms with Crippen molar-refractivity contribution in [1.29, 1.82) is 0 Å². The van der Waals surface area contributed by atoms with Gasteiger partial charge in [-0.25, -0.2) is 4.98 Å². The number of amides is 1. The highest BCUT2D eigenvalue weighted by Crippen LogP contribution is 2.31. The Morgan fingerprint density at radius 2 is 2.14 bits per heavy atom. The van der Waals surface area contributed by atoms with Crippen LogP contribution >= 0.6 is 22.7 Å². The smallest absolute Gasteiger partial charge is 0.324 e. The molecule has 2 aromatic rings. The first kappa shape index (κ1) is 16.6. The molecule has 1 amide bonds. The Labute approximate surface area is 136 Å². The molecule has 0 saturated carbocycles. The average molecular weight is 339 g/mol. The third-order valence-electron chi connectivity index (χ3n) is 3.44. The van der Waals surface area contributed by atoms with Gasteiger partial charge in [-0.05, 0) is 26.3 Å². The van der Waals surface area contributed by atoms with E-state index in [1.807, 2.05) is 20.8 Å². The zero-order chi connectivity index (χ0) is 16.4. The van der Waals surface area contributed by atoms with E-state index in [0.29, 0.717) is 4.88 Å². The summed E-state index contributed by atoms with van der Waals surface area (Å²) in [5.41, 5.74) is 0.936. The number of aromatic nitrogens is 1. The predicted octanol–water partition coefficient (Wildman–Crippen LogP) is 3.82. The molecule has 0 radical (unpaired) electrons. The van der Waals surface area contributed by atoms with Crippen molar-refractivity contribution in [3.8, 4) is 0 Å². The number of aryl methyl sites for hydroxylation is 2. The second-order valence-corrected chi connectivity index (χ2v) is 7.08. The van der Waals surface area contributed by atoms with Gasteiger partial charge < -0.3 is 4.90 Å². The van der Waals surface area contributed by atoms with Gasteiger partial charge in [0.2, 0.25) is 0 Å². The molecule has 0 bridgehead atoms. The summed E-state index contributed by atoms with van der Waals surface area (Å²) in [6.07, 6.45) is 0.868. The number of nitro groups is 1. The van der Waals surface area contributed by atoms with Crippen LogP contribution in [0.1, 0.15) is 45.1 Å². The number of nitrogens with zero attached hydrogens (tertiary/aromatic N) is 3. The maximum Gasteiger partial charge on any atom is 0.324 e. The van der Waals surface area contributed by atoms with Gasteiger partial charge in [0, 0.05) is 18.0 Å². The van der Waals surface area contributed by atoms with Gasteiger partial charge in [0.15, 0.2) is 0 Å². The SMILES string of the molecule is CCc1nc(C)c([C@H](C)N(C)C(=O)c2ccc([N+](=O)[O-])s2)s1. The second kappa shape index (κ2) is 6.53. The van der Waals surface area contributed by atoms with E-state index in [0.717, 1.165) is 33.3 Å². The standard InChI is InChI=1S/C14H17N3O3S2/c1-5-11-15-8(2)13(22-11)9(3)16(4)14(18)10-6-7-12(21-10)17(19)20/h6-7,9H,5H2,1-4H3/t9-/m0/s1. The number of hydrogen-bond acceptors (Lipinski definition) is 6. The topological polar surface area (TPSA) is 76.3 Å². The number of hydrogen-bond donors (Lipinski definition) is 0. The molecule has 2 rings (SSSR count). The van der Waals surface area contributed by atoms with E-state index in [-0.39, 0.29) is 17.0 Å². The van der Waals surface area contributed by atoms with Gasteiger partial charge in [0.25, 0.3) is 5.91 Å². The number of rotatable bonds is 5. The van der Waals surface area contributed by atoms with Crippen LogP contribution in [0.5, 0.6) is 0 Å². The van der Waals surface area contributed by atoms with E-state index in [4.69, 9.17) is 0 Å². The molecule has 0 spiro atoms. The molecule has 0 aromatic carbocycles. The lowest BCUT2D eigenvalue weighted by atomic mass is 10.2. The molecule has 118 valence electrons. The second-order valence-electron chi connectivity index (χ2n) is 4.90. The molecule has 2 aromatic heterocycles. The van der Waals surface area contributed by atoms with Gasteiger partial charge in [-0.15, -0.1) is 11.3 Å². The van der Waals surface area contributed by atoms with Crippen molar-refractivity contribution in [3.05, 3.63) is 42.7 Å². The summed E-state index contributed by atoms with van der Waals surface area (Å²) >= 11 is 2.51. The Bertz CT molecular complexity index is 708. The van der Waals surface area contributed by atoms with Crippen LogP contribution in [0.25, 0.3) is 0 Å². The van der Waals surface area contributed by atoms with Gasteiger partial charge >= 0.3 is 5.00 Å². The molecule has 0 aliphatic carbocycles. The summed E-state index contributed by atoms with van der Waals surface area (Å²) in [5, 5.41) is 11.8. The molecule has 6 nitrogen and oxygen atoms in total. The summed E-state index contributed by atoms with van der Waals surface area (Å²) in [6.45, 7) is 5.93. The largest absolute Gasteiger partial charge is 0.333 e. The highest BCUT2D eigenvalue weighted by molar-refractivity contribution is 7.17. The van der Waals surface area contributed by atoms with Crippen LogP contribution in [0.2, 0.25) is 0 Å². The molecular weight excluding hydrogens is 322 g/mol. The van der Waals surface area contributed by atoms with Crippen LogP contribution < -0.4 is 0 Å². The van der Waals surface area contributed by atoms with E-state index >= 15 is 0 Å². The van der Waals surface area contributed by atoms with Crippen molar-refractivity contribution >= 4 is 33.6 Å². The lowest BCUT2D eigenvalue weighted by Gasteiger charge is -2.23. The molecule has 0 N–H and O–H groups in total. The number of thiophene rings is 1. The quantitative estimate of drug-likeness (QED) is 0.613. The third-order valence-corrected chi connectivity index (χ3v) is 5.94. The number of thiazole rings is 1.